The van der Waals surface area contributed by atoms with Gasteiger partial charge in [0.1, 0.15) is 0 Å². The van der Waals surface area contributed by atoms with Crippen LogP contribution >= 0.6 is 11.8 Å². The van der Waals surface area contributed by atoms with Gasteiger partial charge in [0.2, 0.25) is 25.4 Å². The van der Waals surface area contributed by atoms with Gasteiger partial charge in [-0.05, 0) is 49.4 Å². The van der Waals surface area contributed by atoms with Crippen molar-refractivity contribution in [1.29, 1.82) is 0 Å². The summed E-state index contributed by atoms with van der Waals surface area (Å²) in [6.07, 6.45) is 4.48. The number of ether oxygens (including phenoxy) is 5. The summed E-state index contributed by atoms with van der Waals surface area (Å²) in [5, 5.41) is 6.75. The van der Waals surface area contributed by atoms with Crippen LogP contribution in [0.4, 0.5) is 0 Å². The molecule has 4 heterocycles. The second-order valence-electron chi connectivity index (χ2n) is 10.6. The van der Waals surface area contributed by atoms with Gasteiger partial charge in [0.15, 0.2) is 28.2 Å². The predicted octanol–water partition coefficient (Wildman–Crippen LogP) is 3.12. The Morgan fingerprint density at radius 2 is 1.72 bits per heavy atom. The third-order valence-corrected chi connectivity index (χ3v) is 8.49. The van der Waals surface area contributed by atoms with Crippen molar-refractivity contribution in [2.75, 3.05) is 32.5 Å². The van der Waals surface area contributed by atoms with E-state index in [9.17, 15) is 14.4 Å². The number of carbonyl (C=O) groups is 2. The molecule has 3 aliphatic heterocycles. The summed E-state index contributed by atoms with van der Waals surface area (Å²) in [5.74, 6) is 2.40. The summed E-state index contributed by atoms with van der Waals surface area (Å²) >= 11 is 1.23. The van der Waals surface area contributed by atoms with Gasteiger partial charge in [-0.1, -0.05) is 24.2 Å². The number of hydrogen-bond donors (Lipinski definition) is 2. The van der Waals surface area contributed by atoms with Gasteiger partial charge in [0, 0.05) is 38.7 Å². The largest absolute Gasteiger partial charge is 0.454 e. The molecule has 0 unspecified atom stereocenters. The topological polar surface area (TPSA) is 139 Å². The van der Waals surface area contributed by atoms with Crippen LogP contribution in [0.15, 0.2) is 40.3 Å². The minimum absolute atomic E-state index is 0.0384. The van der Waals surface area contributed by atoms with E-state index >= 15 is 0 Å². The molecule has 2 aromatic carbocycles. The van der Waals surface area contributed by atoms with E-state index in [2.05, 4.69) is 10.6 Å². The molecule has 0 aliphatic carbocycles. The van der Waals surface area contributed by atoms with Crippen LogP contribution in [0.3, 0.4) is 0 Å². The summed E-state index contributed by atoms with van der Waals surface area (Å²) in [6.45, 7) is 2.33. The number of fused-ring (bicyclic) bond motifs is 3. The molecule has 1 fully saturated rings. The maximum atomic E-state index is 13.6. The first-order chi connectivity index (χ1) is 21.0. The van der Waals surface area contributed by atoms with Crippen molar-refractivity contribution in [3.05, 3.63) is 46.2 Å². The number of nitrogens with one attached hydrogen (secondary N) is 2. The number of thioether (sulfide) groups is 1. The molecule has 1 atom stereocenters. The number of rotatable bonds is 13. The highest BCUT2D eigenvalue weighted by molar-refractivity contribution is 7.99. The molecule has 2 N–H and O–H groups in total. The number of amides is 2. The Kier molecular flexibility index (Phi) is 9.18. The van der Waals surface area contributed by atoms with Crippen LogP contribution in [0.5, 0.6) is 23.0 Å². The van der Waals surface area contributed by atoms with E-state index in [1.807, 2.05) is 18.2 Å². The minimum atomic E-state index is -0.202. The molecule has 43 heavy (non-hydrogen) atoms. The van der Waals surface area contributed by atoms with E-state index in [1.54, 1.807) is 16.7 Å². The lowest BCUT2D eigenvalue weighted by Crippen LogP contribution is -2.33. The van der Waals surface area contributed by atoms with E-state index in [-0.39, 0.29) is 42.8 Å². The maximum absolute atomic E-state index is 13.6. The quantitative estimate of drug-likeness (QED) is 0.169. The van der Waals surface area contributed by atoms with Gasteiger partial charge in [-0.25, -0.2) is 4.98 Å². The van der Waals surface area contributed by atoms with Gasteiger partial charge in [0.25, 0.3) is 5.56 Å². The highest BCUT2D eigenvalue weighted by Gasteiger charge is 2.21. The van der Waals surface area contributed by atoms with Gasteiger partial charge >= 0.3 is 0 Å². The van der Waals surface area contributed by atoms with Crippen LogP contribution in [0.1, 0.15) is 44.1 Å². The Bertz CT molecular complexity index is 1560. The average Bonchev–Trinajstić information content (AvgIpc) is 3.80. The zero-order valence-electron chi connectivity index (χ0n) is 23.7. The molecule has 3 aromatic rings. The van der Waals surface area contributed by atoms with E-state index in [0.717, 1.165) is 31.4 Å². The van der Waals surface area contributed by atoms with Crippen LogP contribution in [-0.2, 0) is 27.4 Å². The molecule has 228 valence electrons. The summed E-state index contributed by atoms with van der Waals surface area (Å²) in [6, 6.07) is 8.98. The van der Waals surface area contributed by atoms with Gasteiger partial charge in [0.05, 0.1) is 22.8 Å². The molecule has 0 bridgehead atoms. The lowest BCUT2D eigenvalue weighted by Gasteiger charge is -2.14. The smallest absolute Gasteiger partial charge is 0.262 e. The average molecular weight is 611 g/mol. The Morgan fingerprint density at radius 3 is 2.53 bits per heavy atom. The number of hydrogen-bond acceptors (Lipinski definition) is 10. The Labute approximate surface area is 252 Å². The molecule has 0 saturated carbocycles. The van der Waals surface area contributed by atoms with E-state index < -0.39 is 0 Å². The molecule has 13 heteroatoms. The monoisotopic (exact) mass is 610 g/mol. The molecular weight excluding hydrogens is 576 g/mol. The van der Waals surface area contributed by atoms with Crippen molar-refractivity contribution in [3.63, 3.8) is 0 Å². The molecular formula is C30H34N4O8S. The van der Waals surface area contributed by atoms with Gasteiger partial charge in [-0.2, -0.15) is 0 Å². The van der Waals surface area contributed by atoms with E-state index in [1.165, 1.54) is 11.8 Å². The summed E-state index contributed by atoms with van der Waals surface area (Å²) in [7, 11) is 0. The summed E-state index contributed by atoms with van der Waals surface area (Å²) < 4.78 is 28.8. The van der Waals surface area contributed by atoms with E-state index in [4.69, 9.17) is 28.7 Å². The molecule has 6 rings (SSSR count). The Hall–Kier alpha value is -3.97. The highest BCUT2D eigenvalue weighted by Crippen LogP contribution is 2.35. The molecule has 1 saturated heterocycles. The number of nitrogens with zero attached hydrogens (tertiary/aromatic N) is 2. The fraction of sp³-hybridized carbons (Fsp3) is 0.467. The fourth-order valence-corrected chi connectivity index (χ4v) is 6.04. The third-order valence-electron chi connectivity index (χ3n) is 7.51. The van der Waals surface area contributed by atoms with Crippen molar-refractivity contribution in [2.24, 2.45) is 0 Å². The molecule has 3 aliphatic rings. The Balaban J connectivity index is 1.03. The lowest BCUT2D eigenvalue weighted by atomic mass is 10.1. The van der Waals surface area contributed by atoms with Crippen molar-refractivity contribution in [1.82, 2.24) is 20.2 Å². The SMILES string of the molecule is O=C(CCCCCn1c(SCC(=O)NC[C@H]2CCCO2)nc2cc3c(cc2c1=O)OCO3)NCc1ccc2c(c1)OCO2. The van der Waals surface area contributed by atoms with Gasteiger partial charge in [-0.15, -0.1) is 0 Å². The third kappa shape index (κ3) is 7.16. The van der Waals surface area contributed by atoms with Crippen LogP contribution in [0.25, 0.3) is 10.9 Å². The zero-order chi connectivity index (χ0) is 29.6. The predicted molar refractivity (Wildman–Crippen MR) is 158 cm³/mol. The number of benzene rings is 2. The van der Waals surface area contributed by atoms with Crippen molar-refractivity contribution >= 4 is 34.5 Å². The first-order valence-electron chi connectivity index (χ1n) is 14.5. The molecule has 1 aromatic heterocycles. The van der Waals surface area contributed by atoms with Crippen LogP contribution < -0.4 is 35.1 Å². The van der Waals surface area contributed by atoms with E-state index in [0.29, 0.717) is 78.0 Å². The number of carbonyl (C=O) groups excluding carboxylic acids is 2. The molecule has 12 nitrogen and oxygen atoms in total. The molecule has 0 radical (unpaired) electrons. The second-order valence-corrected chi connectivity index (χ2v) is 11.5. The normalized spacial score (nSPS) is 16.5. The lowest BCUT2D eigenvalue weighted by molar-refractivity contribution is -0.121. The fourth-order valence-electron chi connectivity index (χ4n) is 5.18. The van der Waals surface area contributed by atoms with Crippen LogP contribution in [0, 0.1) is 0 Å². The molecule has 0 spiro atoms. The second kappa shape index (κ2) is 13.6. The summed E-state index contributed by atoms with van der Waals surface area (Å²) in [5.41, 5.74) is 1.23. The maximum Gasteiger partial charge on any atom is 0.262 e. The first kappa shape index (κ1) is 29.1. The Morgan fingerprint density at radius 1 is 0.930 bits per heavy atom. The number of aromatic nitrogens is 2. The van der Waals surface area contributed by atoms with Gasteiger partial charge in [-0.3, -0.25) is 19.0 Å². The van der Waals surface area contributed by atoms with Gasteiger partial charge < -0.3 is 34.3 Å². The van der Waals surface area contributed by atoms with Crippen molar-refractivity contribution < 1.29 is 33.3 Å². The van der Waals surface area contributed by atoms with Crippen molar-refractivity contribution in [3.8, 4) is 23.0 Å². The summed E-state index contributed by atoms with van der Waals surface area (Å²) in [4.78, 5) is 43.3. The molecule has 2 amide bonds. The minimum Gasteiger partial charge on any atom is -0.454 e. The first-order valence-corrected chi connectivity index (χ1v) is 15.5. The zero-order valence-corrected chi connectivity index (χ0v) is 24.5. The van der Waals surface area contributed by atoms with Crippen LogP contribution in [-0.4, -0.2) is 60.0 Å². The highest BCUT2D eigenvalue weighted by atomic mass is 32.2. The standard InChI is InChI=1S/C30H34N4O8S/c35-27(31-14-19-7-8-23-24(11-19)40-17-39-23)6-2-1-3-9-34-29(37)21-12-25-26(42-18-41-25)13-22(21)33-30(34)43-16-28(36)32-15-20-5-4-10-38-20/h7-8,11-13,20H,1-6,9-10,14-18H2,(H,31,35)(H,32,36)/t20-/m1/s1. The van der Waals surface area contributed by atoms with Crippen molar-refractivity contribution in [2.45, 2.75) is 62.9 Å². The number of unbranched alkanes of at least 4 members (excludes halogenated alkanes) is 2. The van der Waals surface area contributed by atoms with Crippen LogP contribution in [0.2, 0.25) is 0 Å².